The van der Waals surface area contributed by atoms with Crippen LogP contribution in [-0.2, 0) is 0 Å². The van der Waals surface area contributed by atoms with Crippen LogP contribution in [0, 0.1) is 20.8 Å². The van der Waals surface area contributed by atoms with Crippen LogP contribution in [0.2, 0.25) is 0 Å². The van der Waals surface area contributed by atoms with Gasteiger partial charge < -0.3 is 14.5 Å². The van der Waals surface area contributed by atoms with Crippen LogP contribution in [0.3, 0.4) is 0 Å². The Hall–Kier alpha value is -1.48. The molecule has 2 rings (SSSR count). The van der Waals surface area contributed by atoms with Crippen molar-refractivity contribution >= 4 is 0 Å². The highest BCUT2D eigenvalue weighted by Crippen LogP contribution is 2.27. The third-order valence-electron chi connectivity index (χ3n) is 2.94. The molecule has 1 unspecified atom stereocenters. The second-order valence-corrected chi connectivity index (χ2v) is 3.83. The number of aliphatic hydroxyl groups excluding tert-OH is 1. The Kier molecular flexibility index (Phi) is 2.40. The number of aliphatic hydroxyl groups is 1. The van der Waals surface area contributed by atoms with Crippen molar-refractivity contribution in [3.05, 3.63) is 46.7 Å². The average molecular weight is 205 g/mol. The van der Waals surface area contributed by atoms with Gasteiger partial charge in [-0.2, -0.15) is 0 Å². The maximum atomic E-state index is 10.1. The summed E-state index contributed by atoms with van der Waals surface area (Å²) in [5.41, 5.74) is 4.19. The summed E-state index contributed by atoms with van der Waals surface area (Å²) in [5.74, 6) is 0.569. The molecular weight excluding hydrogens is 190 g/mol. The van der Waals surface area contributed by atoms with Gasteiger partial charge in [0.05, 0.1) is 12.0 Å². The highest BCUT2D eigenvalue weighted by atomic mass is 16.4. The van der Waals surface area contributed by atoms with Crippen molar-refractivity contribution in [2.24, 2.45) is 0 Å². The molecule has 0 fully saturated rings. The van der Waals surface area contributed by atoms with Gasteiger partial charge in [-0.3, -0.25) is 0 Å². The van der Waals surface area contributed by atoms with E-state index in [0.717, 1.165) is 17.0 Å². The van der Waals surface area contributed by atoms with E-state index < -0.39 is 6.10 Å². The van der Waals surface area contributed by atoms with E-state index in [4.69, 9.17) is 4.42 Å². The fourth-order valence-electron chi connectivity index (χ4n) is 1.74. The Morgan fingerprint density at radius 2 is 2.00 bits per heavy atom. The number of nitrogens with one attached hydrogen (secondary N) is 1. The van der Waals surface area contributed by atoms with E-state index >= 15 is 0 Å². The van der Waals surface area contributed by atoms with Gasteiger partial charge >= 0.3 is 0 Å². The summed E-state index contributed by atoms with van der Waals surface area (Å²) in [4.78, 5) is 3.19. The number of rotatable bonds is 2. The van der Waals surface area contributed by atoms with Crippen LogP contribution >= 0.6 is 0 Å². The molecule has 3 heteroatoms. The van der Waals surface area contributed by atoms with Crippen LogP contribution in [0.15, 0.2) is 22.8 Å². The fourth-order valence-corrected chi connectivity index (χ4v) is 1.74. The minimum atomic E-state index is -0.701. The number of aromatic amines is 1. The molecule has 2 heterocycles. The van der Waals surface area contributed by atoms with Gasteiger partial charge in [-0.25, -0.2) is 0 Å². The van der Waals surface area contributed by atoms with Crippen LogP contribution in [0.4, 0.5) is 0 Å². The molecule has 0 saturated heterocycles. The number of hydrogen-bond donors (Lipinski definition) is 2. The number of hydrogen-bond acceptors (Lipinski definition) is 2. The smallest absolute Gasteiger partial charge is 0.151 e. The topological polar surface area (TPSA) is 49.2 Å². The first-order chi connectivity index (χ1) is 7.11. The van der Waals surface area contributed by atoms with Crippen LogP contribution in [0.1, 0.15) is 34.4 Å². The number of H-pyrrole nitrogens is 1. The first kappa shape index (κ1) is 10.1. The third-order valence-corrected chi connectivity index (χ3v) is 2.94. The maximum absolute atomic E-state index is 10.1. The molecule has 2 N–H and O–H groups in total. The maximum Gasteiger partial charge on any atom is 0.151 e. The molecule has 0 radical (unpaired) electrons. The molecular formula is C12H15NO2. The molecule has 0 saturated carbocycles. The molecule has 0 amide bonds. The Morgan fingerprint density at radius 3 is 2.47 bits per heavy atom. The minimum absolute atomic E-state index is 0.569. The summed E-state index contributed by atoms with van der Waals surface area (Å²) in [6.07, 6.45) is 0.865. The molecule has 0 aromatic carbocycles. The van der Waals surface area contributed by atoms with Crippen LogP contribution in [-0.4, -0.2) is 10.1 Å². The van der Waals surface area contributed by atoms with E-state index in [-0.39, 0.29) is 0 Å². The van der Waals surface area contributed by atoms with Gasteiger partial charge in [0.1, 0.15) is 5.76 Å². The Labute approximate surface area is 88.7 Å². The third kappa shape index (κ3) is 1.59. The number of aromatic nitrogens is 1. The summed E-state index contributed by atoms with van der Waals surface area (Å²) in [5, 5.41) is 10.1. The van der Waals surface area contributed by atoms with Crippen LogP contribution < -0.4 is 0 Å². The SMILES string of the molecule is Cc1[nH]c(C(O)c2ccco2)c(C)c1C. The monoisotopic (exact) mass is 205 g/mol. The van der Waals surface area contributed by atoms with Crippen molar-refractivity contribution in [1.82, 2.24) is 4.98 Å². The number of furan rings is 1. The molecule has 2 aromatic heterocycles. The second kappa shape index (κ2) is 3.59. The Morgan fingerprint density at radius 1 is 1.27 bits per heavy atom. The molecule has 0 bridgehead atoms. The first-order valence-corrected chi connectivity index (χ1v) is 4.98. The highest BCUT2D eigenvalue weighted by Gasteiger charge is 2.19. The normalized spacial score (nSPS) is 13.1. The zero-order chi connectivity index (χ0) is 11.0. The van der Waals surface area contributed by atoms with Crippen molar-refractivity contribution in [3.8, 4) is 0 Å². The molecule has 0 spiro atoms. The van der Waals surface area contributed by atoms with E-state index in [1.54, 1.807) is 18.4 Å². The largest absolute Gasteiger partial charge is 0.466 e. The van der Waals surface area contributed by atoms with Gasteiger partial charge in [-0.15, -0.1) is 0 Å². The van der Waals surface area contributed by atoms with E-state index in [0.29, 0.717) is 5.76 Å². The summed E-state index contributed by atoms with van der Waals surface area (Å²) in [6, 6.07) is 3.55. The van der Waals surface area contributed by atoms with Crippen molar-refractivity contribution < 1.29 is 9.52 Å². The van der Waals surface area contributed by atoms with Gasteiger partial charge in [-0.1, -0.05) is 0 Å². The van der Waals surface area contributed by atoms with Gasteiger partial charge in [0.2, 0.25) is 0 Å². The van der Waals surface area contributed by atoms with Gasteiger partial charge in [-0.05, 0) is 44.0 Å². The Bertz CT molecular complexity index is 454. The average Bonchev–Trinajstić information content (AvgIpc) is 2.82. The van der Waals surface area contributed by atoms with Gasteiger partial charge in [0.25, 0.3) is 0 Å². The Balaban J connectivity index is 2.42. The van der Waals surface area contributed by atoms with Crippen molar-refractivity contribution in [2.75, 3.05) is 0 Å². The zero-order valence-electron chi connectivity index (χ0n) is 9.16. The standard InChI is InChI=1S/C12H15NO2/c1-7-8(2)11(13-9(7)3)12(14)10-5-4-6-15-10/h4-6,12-14H,1-3H3. The van der Waals surface area contributed by atoms with E-state index in [9.17, 15) is 5.11 Å². The van der Waals surface area contributed by atoms with Crippen LogP contribution in [0.5, 0.6) is 0 Å². The molecule has 2 aromatic rings. The molecule has 80 valence electrons. The highest BCUT2D eigenvalue weighted by molar-refractivity contribution is 5.37. The summed E-state index contributed by atoms with van der Waals surface area (Å²) in [7, 11) is 0. The molecule has 15 heavy (non-hydrogen) atoms. The molecule has 0 aliphatic carbocycles. The summed E-state index contributed by atoms with van der Waals surface area (Å²) in [6.45, 7) is 6.04. The molecule has 3 nitrogen and oxygen atoms in total. The second-order valence-electron chi connectivity index (χ2n) is 3.83. The van der Waals surface area contributed by atoms with Crippen LogP contribution in [0.25, 0.3) is 0 Å². The van der Waals surface area contributed by atoms with Crippen molar-refractivity contribution in [1.29, 1.82) is 0 Å². The van der Waals surface area contributed by atoms with Gasteiger partial charge in [0, 0.05) is 5.69 Å². The molecule has 0 aliphatic heterocycles. The predicted octanol–water partition coefficient (Wildman–Crippen LogP) is 2.61. The van der Waals surface area contributed by atoms with E-state index in [2.05, 4.69) is 4.98 Å². The molecule has 0 aliphatic rings. The molecule has 1 atom stereocenters. The van der Waals surface area contributed by atoms with E-state index in [1.807, 2.05) is 20.8 Å². The quantitative estimate of drug-likeness (QED) is 0.791. The fraction of sp³-hybridized carbons (Fsp3) is 0.333. The minimum Gasteiger partial charge on any atom is -0.466 e. The predicted molar refractivity (Wildman–Crippen MR) is 57.8 cm³/mol. The summed E-state index contributed by atoms with van der Waals surface area (Å²) < 4.78 is 5.18. The summed E-state index contributed by atoms with van der Waals surface area (Å²) >= 11 is 0. The lowest BCUT2D eigenvalue weighted by molar-refractivity contribution is 0.184. The van der Waals surface area contributed by atoms with Crippen molar-refractivity contribution in [3.63, 3.8) is 0 Å². The zero-order valence-corrected chi connectivity index (χ0v) is 9.16. The lowest BCUT2D eigenvalue weighted by atomic mass is 10.1. The first-order valence-electron chi connectivity index (χ1n) is 4.98. The number of aryl methyl sites for hydroxylation is 1. The van der Waals surface area contributed by atoms with Crippen molar-refractivity contribution in [2.45, 2.75) is 26.9 Å². The van der Waals surface area contributed by atoms with E-state index in [1.165, 1.54) is 5.56 Å². The van der Waals surface area contributed by atoms with Gasteiger partial charge in [0.15, 0.2) is 6.10 Å². The lowest BCUT2D eigenvalue weighted by Gasteiger charge is -2.07. The lowest BCUT2D eigenvalue weighted by Crippen LogP contribution is -2.00.